The zero-order chi connectivity index (χ0) is 33.4. The monoisotopic (exact) mass is 643 g/mol. The predicted octanol–water partition coefficient (Wildman–Crippen LogP) is 5.84. The largest absolute Gasteiger partial charge is 0.488 e. The Bertz CT molecular complexity index is 1920. The molecule has 1 fully saturated rings. The number of aryl methyl sites for hydroxylation is 3. The summed E-state index contributed by atoms with van der Waals surface area (Å²) in [6.45, 7) is 6.38. The fourth-order valence-corrected chi connectivity index (χ4v) is 6.53. The van der Waals surface area contributed by atoms with Gasteiger partial charge in [0.25, 0.3) is 5.56 Å². The van der Waals surface area contributed by atoms with Gasteiger partial charge in [-0.3, -0.25) is 19.1 Å². The van der Waals surface area contributed by atoms with Crippen LogP contribution >= 0.6 is 0 Å². The van der Waals surface area contributed by atoms with E-state index in [1.54, 1.807) is 44.2 Å². The number of fused-ring (bicyclic) bond motifs is 6. The van der Waals surface area contributed by atoms with Gasteiger partial charge in [0.1, 0.15) is 42.5 Å². The number of rotatable bonds is 6. The summed E-state index contributed by atoms with van der Waals surface area (Å²) in [5, 5.41) is 2.79. The lowest BCUT2D eigenvalue weighted by Crippen LogP contribution is -2.49. The molecule has 2 atom stereocenters. The second kappa shape index (κ2) is 13.2. The molecule has 0 unspecified atom stereocenters. The van der Waals surface area contributed by atoms with Crippen LogP contribution in [0.15, 0.2) is 65.6 Å². The molecule has 0 aliphatic carbocycles. The second-order valence-corrected chi connectivity index (χ2v) is 12.5. The Kier molecular flexibility index (Phi) is 9.05. The van der Waals surface area contributed by atoms with E-state index >= 15 is 8.78 Å². The topological polar surface area (TPSA) is 80.6 Å². The van der Waals surface area contributed by atoms with Crippen molar-refractivity contribution in [3.05, 3.63) is 122 Å². The fourth-order valence-electron chi connectivity index (χ4n) is 6.53. The number of hydrogen-bond acceptors (Lipinski definition) is 5. The van der Waals surface area contributed by atoms with Crippen LogP contribution in [0.1, 0.15) is 57.4 Å². The molecule has 7 nitrogen and oxygen atoms in total. The zero-order valence-electron chi connectivity index (χ0n) is 26.5. The molecule has 1 amide bonds. The highest BCUT2D eigenvalue weighted by Gasteiger charge is 2.32. The van der Waals surface area contributed by atoms with Gasteiger partial charge in [0.15, 0.2) is 0 Å². The molecule has 1 saturated heterocycles. The first kappa shape index (κ1) is 32.2. The Morgan fingerprint density at radius 1 is 0.957 bits per heavy atom. The summed E-state index contributed by atoms with van der Waals surface area (Å²) < 4.78 is 52.5. The maximum Gasteiger partial charge on any atom is 0.254 e. The smallest absolute Gasteiger partial charge is 0.254 e. The first-order chi connectivity index (χ1) is 22.5. The Labute approximate surface area is 271 Å². The second-order valence-electron chi connectivity index (χ2n) is 12.5. The number of carbonyl (C=O) groups is 2. The van der Waals surface area contributed by atoms with Gasteiger partial charge in [0, 0.05) is 54.5 Å². The van der Waals surface area contributed by atoms with E-state index in [0.29, 0.717) is 65.9 Å². The van der Waals surface area contributed by atoms with Crippen molar-refractivity contribution in [2.45, 2.75) is 58.5 Å². The number of likely N-dealkylation sites (tertiary alicyclic amines) is 1. The number of benzene rings is 3. The normalized spacial score (nSPS) is 18.4. The number of hydrogen-bond donors (Lipinski definition) is 1. The molecule has 4 aromatic rings. The van der Waals surface area contributed by atoms with Crippen LogP contribution in [0.5, 0.6) is 5.75 Å². The number of amides is 1. The van der Waals surface area contributed by atoms with Gasteiger partial charge in [-0.15, -0.1) is 0 Å². The maximum atomic E-state index is 15.9. The van der Waals surface area contributed by atoms with Gasteiger partial charge in [-0.05, 0) is 91.4 Å². The van der Waals surface area contributed by atoms with E-state index in [1.165, 1.54) is 22.9 Å². The van der Waals surface area contributed by atoms with Gasteiger partial charge in [-0.1, -0.05) is 18.2 Å². The van der Waals surface area contributed by atoms with Crippen LogP contribution < -0.4 is 15.6 Å². The van der Waals surface area contributed by atoms with Crippen LogP contribution in [-0.2, 0) is 22.6 Å². The van der Waals surface area contributed by atoms with Crippen LogP contribution in [0.4, 0.5) is 13.2 Å². The number of alkyl halides is 1. The summed E-state index contributed by atoms with van der Waals surface area (Å²) in [5.41, 5.74) is 3.64. The van der Waals surface area contributed by atoms with Gasteiger partial charge in [0.05, 0.1) is 6.04 Å². The minimum absolute atomic E-state index is 0.0260. The number of nitrogens with zero attached hydrogens (tertiary/aromatic N) is 2. The number of ether oxygens (including phenoxy) is 1. The molecular formula is C37H36F3N3O4. The molecule has 0 spiro atoms. The van der Waals surface area contributed by atoms with E-state index in [4.69, 9.17) is 4.74 Å². The third-order valence-corrected chi connectivity index (χ3v) is 9.01. The molecular weight excluding hydrogens is 607 g/mol. The quantitative estimate of drug-likeness (QED) is 0.267. The number of halogens is 3. The zero-order valence-corrected chi connectivity index (χ0v) is 26.5. The molecule has 3 heterocycles. The lowest BCUT2D eigenvalue weighted by molar-refractivity contribution is -0.124. The number of aromatic nitrogens is 1. The Morgan fingerprint density at radius 2 is 1.74 bits per heavy atom. The molecule has 0 saturated carbocycles. The molecule has 10 heteroatoms. The van der Waals surface area contributed by atoms with Crippen molar-refractivity contribution in [3.63, 3.8) is 0 Å². The Morgan fingerprint density at radius 3 is 2.49 bits per heavy atom. The standard InChI is InChI=1S/C37H36F3N3O4/c1-21-5-4-6-32-33(21)26-14-22(2)34(40)29(16-26)31(10-12-44)41-36(45)35(28-15-25(20-47-32)7-8-30(28)39)43-17-24(13-23(3)37(43)46)9-11-42-18-27(38)19-42/h4-8,12-17,27,31,35H,9-11,18-20H2,1-3H3,(H,41,45)/t31-,35-/m0/s1. The van der Waals surface area contributed by atoms with E-state index in [-0.39, 0.29) is 24.2 Å². The molecule has 47 heavy (non-hydrogen) atoms. The van der Waals surface area contributed by atoms with Crippen LogP contribution in [0.2, 0.25) is 0 Å². The molecule has 244 valence electrons. The summed E-state index contributed by atoms with van der Waals surface area (Å²) in [7, 11) is 0. The van der Waals surface area contributed by atoms with E-state index < -0.39 is 41.4 Å². The summed E-state index contributed by atoms with van der Waals surface area (Å²) in [6.07, 6.45) is 1.46. The van der Waals surface area contributed by atoms with Gasteiger partial charge in [0.2, 0.25) is 5.91 Å². The van der Waals surface area contributed by atoms with Gasteiger partial charge >= 0.3 is 0 Å². The summed E-state index contributed by atoms with van der Waals surface area (Å²) in [5.74, 6) is -1.58. The minimum atomic E-state index is -1.50. The van der Waals surface area contributed by atoms with Crippen LogP contribution in [0.25, 0.3) is 11.1 Å². The van der Waals surface area contributed by atoms with E-state index in [2.05, 4.69) is 5.32 Å². The number of aldehydes is 1. The lowest BCUT2D eigenvalue weighted by Gasteiger charge is -2.34. The average Bonchev–Trinajstić information content (AvgIpc) is 3.02. The Hall–Kier alpha value is -4.70. The SMILES string of the molecule is Cc1cc2cc(c1F)[C@H](CC=O)NC(=O)[C@@H](n1cc(CCN3CC(F)C3)cc(C)c1=O)c1cc(ccc1F)COc1cccc(C)c1-2. The van der Waals surface area contributed by atoms with Crippen LogP contribution in [-0.4, -0.2) is 47.5 Å². The van der Waals surface area contributed by atoms with Gasteiger partial charge < -0.3 is 14.8 Å². The molecule has 2 aliphatic rings. The van der Waals surface area contributed by atoms with E-state index in [1.807, 2.05) is 24.0 Å². The highest BCUT2D eigenvalue weighted by Crippen LogP contribution is 2.38. The van der Waals surface area contributed by atoms with Gasteiger partial charge in [-0.25, -0.2) is 13.2 Å². The third kappa shape index (κ3) is 6.47. The first-order valence-corrected chi connectivity index (χ1v) is 15.7. The van der Waals surface area contributed by atoms with Crippen molar-refractivity contribution < 1.29 is 27.5 Å². The maximum absolute atomic E-state index is 15.9. The lowest BCUT2D eigenvalue weighted by atomic mass is 9.92. The Balaban J connectivity index is 1.52. The van der Waals surface area contributed by atoms with Crippen molar-refractivity contribution in [2.24, 2.45) is 0 Å². The number of nitrogens with one attached hydrogen (secondary N) is 1. The predicted molar refractivity (Wildman–Crippen MR) is 172 cm³/mol. The van der Waals surface area contributed by atoms with Gasteiger partial charge in [-0.2, -0.15) is 0 Å². The van der Waals surface area contributed by atoms with Crippen LogP contribution in [0, 0.1) is 32.4 Å². The van der Waals surface area contributed by atoms with Crippen molar-refractivity contribution in [3.8, 4) is 16.9 Å². The number of pyridine rings is 1. The molecule has 4 bridgehead atoms. The van der Waals surface area contributed by atoms with Crippen molar-refractivity contribution >= 4 is 12.2 Å². The first-order valence-electron chi connectivity index (χ1n) is 15.7. The summed E-state index contributed by atoms with van der Waals surface area (Å²) in [6, 6.07) is 12.2. The summed E-state index contributed by atoms with van der Waals surface area (Å²) >= 11 is 0. The number of carbonyl (C=O) groups excluding carboxylic acids is 2. The third-order valence-electron chi connectivity index (χ3n) is 9.01. The molecule has 6 rings (SSSR count). The van der Waals surface area contributed by atoms with Crippen molar-refractivity contribution in [1.82, 2.24) is 14.8 Å². The molecule has 3 aromatic carbocycles. The fraction of sp³-hybridized carbons (Fsp3) is 0.324. The molecule has 1 N–H and O–H groups in total. The highest BCUT2D eigenvalue weighted by molar-refractivity contribution is 5.85. The molecule has 2 aliphatic heterocycles. The average molecular weight is 644 g/mol. The summed E-state index contributed by atoms with van der Waals surface area (Å²) in [4.78, 5) is 41.9. The van der Waals surface area contributed by atoms with Crippen LogP contribution in [0.3, 0.4) is 0 Å². The van der Waals surface area contributed by atoms with Crippen molar-refractivity contribution in [1.29, 1.82) is 0 Å². The van der Waals surface area contributed by atoms with Crippen molar-refractivity contribution in [2.75, 3.05) is 19.6 Å². The molecule has 0 radical (unpaired) electrons. The highest BCUT2D eigenvalue weighted by atomic mass is 19.1. The minimum Gasteiger partial charge on any atom is -0.488 e. The van der Waals surface area contributed by atoms with E-state index in [0.717, 1.165) is 11.1 Å². The molecule has 1 aromatic heterocycles. The van der Waals surface area contributed by atoms with E-state index in [9.17, 15) is 18.8 Å².